The van der Waals surface area contributed by atoms with Crippen molar-refractivity contribution in [2.24, 2.45) is 35.0 Å². The normalized spacial score (nSPS) is 52.5. The summed E-state index contributed by atoms with van der Waals surface area (Å²) in [5.74, 6) is 4.78. The first-order chi connectivity index (χ1) is 9.20. The number of carbonyl (C=O) groups is 1. The molecular formula is C18H26O. The number of hydrogen-bond donors (Lipinski definition) is 0. The Bertz CT molecular complexity index is 423. The second kappa shape index (κ2) is 4.20. The molecule has 0 heterocycles. The monoisotopic (exact) mass is 258 g/mol. The molecule has 0 aromatic carbocycles. The third-order valence-electron chi connectivity index (χ3n) is 7.15. The number of allylic oxidation sites excluding steroid dienone is 2. The lowest BCUT2D eigenvalue weighted by atomic mass is 9.50. The maximum atomic E-state index is 12.2. The van der Waals surface area contributed by atoms with E-state index in [1.54, 1.807) is 0 Å². The zero-order chi connectivity index (χ0) is 13.0. The standard InChI is InChI=1S/C18H26O/c1-18-11-10-14-13-5-3-2-4-12(13)6-7-15(14)16(18)8-9-17(18)19/h8-9,12-16H,2-7,10-11H2,1H3/t12-,13+,14-,15-,16+,18+/m1/s1. The summed E-state index contributed by atoms with van der Waals surface area (Å²) in [5.41, 5.74) is -0.0251. The Morgan fingerprint density at radius 1 is 1.00 bits per heavy atom. The molecule has 0 aromatic heterocycles. The van der Waals surface area contributed by atoms with Crippen molar-refractivity contribution in [1.29, 1.82) is 0 Å². The Hall–Kier alpha value is -0.590. The smallest absolute Gasteiger partial charge is 0.161 e. The highest BCUT2D eigenvalue weighted by molar-refractivity contribution is 5.97. The molecule has 0 amide bonds. The lowest BCUT2D eigenvalue weighted by Gasteiger charge is -2.53. The average molecular weight is 258 g/mol. The minimum atomic E-state index is -0.0251. The summed E-state index contributed by atoms with van der Waals surface area (Å²) in [6.45, 7) is 2.24. The predicted molar refractivity (Wildman–Crippen MR) is 76.6 cm³/mol. The Kier molecular flexibility index (Phi) is 2.69. The summed E-state index contributed by atoms with van der Waals surface area (Å²) in [7, 11) is 0. The molecule has 0 spiro atoms. The Morgan fingerprint density at radius 3 is 2.74 bits per heavy atom. The third kappa shape index (κ3) is 1.63. The summed E-state index contributed by atoms with van der Waals surface area (Å²) in [6, 6.07) is 0. The van der Waals surface area contributed by atoms with E-state index in [0.717, 1.165) is 30.1 Å². The molecule has 4 aliphatic carbocycles. The van der Waals surface area contributed by atoms with Gasteiger partial charge in [0.2, 0.25) is 0 Å². The molecule has 19 heavy (non-hydrogen) atoms. The van der Waals surface area contributed by atoms with Gasteiger partial charge in [-0.3, -0.25) is 4.79 Å². The van der Waals surface area contributed by atoms with Crippen LogP contribution in [0.5, 0.6) is 0 Å². The highest BCUT2D eigenvalue weighted by atomic mass is 16.1. The van der Waals surface area contributed by atoms with Crippen LogP contribution in [0.15, 0.2) is 12.2 Å². The molecule has 6 atom stereocenters. The topological polar surface area (TPSA) is 17.1 Å². The van der Waals surface area contributed by atoms with E-state index in [1.165, 1.54) is 44.9 Å². The lowest BCUT2D eigenvalue weighted by molar-refractivity contribution is -0.130. The zero-order valence-corrected chi connectivity index (χ0v) is 12.1. The molecule has 0 aliphatic heterocycles. The van der Waals surface area contributed by atoms with Crippen molar-refractivity contribution in [3.05, 3.63) is 12.2 Å². The highest BCUT2D eigenvalue weighted by Gasteiger charge is 2.54. The molecule has 1 nitrogen and oxygen atoms in total. The van der Waals surface area contributed by atoms with Gasteiger partial charge in [0, 0.05) is 5.41 Å². The molecular weight excluding hydrogens is 232 g/mol. The van der Waals surface area contributed by atoms with Crippen molar-refractivity contribution in [2.75, 3.05) is 0 Å². The van der Waals surface area contributed by atoms with Crippen molar-refractivity contribution in [1.82, 2.24) is 0 Å². The van der Waals surface area contributed by atoms with Crippen LogP contribution >= 0.6 is 0 Å². The van der Waals surface area contributed by atoms with Gasteiger partial charge in [0.05, 0.1) is 0 Å². The van der Waals surface area contributed by atoms with E-state index in [-0.39, 0.29) is 5.41 Å². The lowest BCUT2D eigenvalue weighted by Crippen LogP contribution is -2.48. The minimum absolute atomic E-state index is 0.0251. The fourth-order valence-electron chi connectivity index (χ4n) is 6.10. The van der Waals surface area contributed by atoms with E-state index < -0.39 is 0 Å². The summed E-state index contributed by atoms with van der Waals surface area (Å²) in [4.78, 5) is 12.2. The van der Waals surface area contributed by atoms with Crippen LogP contribution < -0.4 is 0 Å². The van der Waals surface area contributed by atoms with Crippen LogP contribution in [0, 0.1) is 35.0 Å². The summed E-state index contributed by atoms with van der Waals surface area (Å²) in [5, 5.41) is 0. The zero-order valence-electron chi connectivity index (χ0n) is 12.1. The van der Waals surface area contributed by atoms with Crippen molar-refractivity contribution in [3.8, 4) is 0 Å². The van der Waals surface area contributed by atoms with Crippen LogP contribution in [0.25, 0.3) is 0 Å². The first kappa shape index (κ1) is 12.2. The van der Waals surface area contributed by atoms with Gasteiger partial charge in [-0.05, 0) is 67.8 Å². The summed E-state index contributed by atoms with van der Waals surface area (Å²) in [6.07, 6.45) is 15.4. The number of rotatable bonds is 0. The van der Waals surface area contributed by atoms with Crippen molar-refractivity contribution in [3.63, 3.8) is 0 Å². The number of hydrogen-bond acceptors (Lipinski definition) is 1. The molecule has 4 rings (SSSR count). The fourth-order valence-corrected chi connectivity index (χ4v) is 6.10. The van der Waals surface area contributed by atoms with Crippen LogP contribution in [-0.4, -0.2) is 5.78 Å². The van der Waals surface area contributed by atoms with Gasteiger partial charge in [0.25, 0.3) is 0 Å². The predicted octanol–water partition coefficient (Wildman–Crippen LogP) is 4.37. The van der Waals surface area contributed by atoms with Crippen LogP contribution in [0.3, 0.4) is 0 Å². The summed E-state index contributed by atoms with van der Waals surface area (Å²) >= 11 is 0. The van der Waals surface area contributed by atoms with E-state index in [0.29, 0.717) is 11.7 Å². The van der Waals surface area contributed by atoms with Gasteiger partial charge in [0.15, 0.2) is 5.78 Å². The summed E-state index contributed by atoms with van der Waals surface area (Å²) < 4.78 is 0. The molecule has 0 bridgehead atoms. The van der Waals surface area contributed by atoms with Gasteiger partial charge in [-0.15, -0.1) is 0 Å². The molecule has 0 saturated heterocycles. The molecule has 0 unspecified atom stereocenters. The first-order valence-electron chi connectivity index (χ1n) is 8.43. The average Bonchev–Trinajstić information content (AvgIpc) is 2.75. The second-order valence-electron chi connectivity index (χ2n) is 7.82. The van der Waals surface area contributed by atoms with Crippen molar-refractivity contribution >= 4 is 5.78 Å². The molecule has 0 N–H and O–H groups in total. The Labute approximate surface area is 116 Å². The van der Waals surface area contributed by atoms with Gasteiger partial charge in [-0.25, -0.2) is 0 Å². The molecule has 0 radical (unpaired) electrons. The van der Waals surface area contributed by atoms with E-state index in [1.807, 2.05) is 6.08 Å². The van der Waals surface area contributed by atoms with E-state index >= 15 is 0 Å². The van der Waals surface area contributed by atoms with E-state index in [9.17, 15) is 4.79 Å². The Balaban J connectivity index is 1.62. The van der Waals surface area contributed by atoms with Crippen LogP contribution in [0.1, 0.15) is 58.3 Å². The fraction of sp³-hybridized carbons (Fsp3) is 0.833. The van der Waals surface area contributed by atoms with Crippen molar-refractivity contribution in [2.45, 2.75) is 58.3 Å². The van der Waals surface area contributed by atoms with Crippen molar-refractivity contribution < 1.29 is 4.79 Å². The SMILES string of the molecule is C[C@]12CC[C@H]3[C@@H](CC[C@H]4CCCC[C@@H]43)[C@@H]1C=CC2=O. The third-order valence-corrected chi connectivity index (χ3v) is 7.15. The largest absolute Gasteiger partial charge is 0.294 e. The molecule has 0 aromatic rings. The van der Waals surface area contributed by atoms with E-state index in [4.69, 9.17) is 0 Å². The number of fused-ring (bicyclic) bond motifs is 5. The molecule has 3 fully saturated rings. The van der Waals surface area contributed by atoms with E-state index in [2.05, 4.69) is 13.0 Å². The number of carbonyl (C=O) groups excluding carboxylic acids is 1. The Morgan fingerprint density at radius 2 is 1.84 bits per heavy atom. The molecule has 104 valence electrons. The first-order valence-corrected chi connectivity index (χ1v) is 8.43. The second-order valence-corrected chi connectivity index (χ2v) is 7.82. The van der Waals surface area contributed by atoms with Gasteiger partial charge < -0.3 is 0 Å². The molecule has 3 saturated carbocycles. The van der Waals surface area contributed by atoms with Gasteiger partial charge in [0.1, 0.15) is 0 Å². The minimum Gasteiger partial charge on any atom is -0.294 e. The van der Waals surface area contributed by atoms with Gasteiger partial charge in [-0.2, -0.15) is 0 Å². The highest BCUT2D eigenvalue weighted by Crippen LogP contribution is 2.59. The van der Waals surface area contributed by atoms with Gasteiger partial charge in [-0.1, -0.05) is 32.3 Å². The maximum Gasteiger partial charge on any atom is 0.161 e. The van der Waals surface area contributed by atoms with Crippen LogP contribution in [0.4, 0.5) is 0 Å². The number of ketones is 1. The molecule has 1 heteroatoms. The quantitative estimate of drug-likeness (QED) is 0.630. The van der Waals surface area contributed by atoms with Gasteiger partial charge >= 0.3 is 0 Å². The van der Waals surface area contributed by atoms with Crippen LogP contribution in [-0.2, 0) is 4.79 Å². The maximum absolute atomic E-state index is 12.2. The van der Waals surface area contributed by atoms with Crippen LogP contribution in [0.2, 0.25) is 0 Å². The molecule has 4 aliphatic rings.